The molecule has 220 valence electrons. The molecule has 0 unspecified atom stereocenters. The van der Waals surface area contributed by atoms with Gasteiger partial charge in [-0.15, -0.1) is 0 Å². The lowest BCUT2D eigenvalue weighted by atomic mass is 9.54. The van der Waals surface area contributed by atoms with Gasteiger partial charge < -0.3 is 15.0 Å². The van der Waals surface area contributed by atoms with Crippen molar-refractivity contribution in [2.45, 2.75) is 72.4 Å². The number of Topliss-reactive ketones (excluding diaryl/α,β-unsaturated/α-hetero) is 3. The maximum atomic E-state index is 14.5. The number of hydrogen-bond donors (Lipinski definition) is 2. The average molecular weight is 571 g/mol. The van der Waals surface area contributed by atoms with E-state index in [9.17, 15) is 24.0 Å². The van der Waals surface area contributed by atoms with Crippen molar-refractivity contribution in [2.75, 3.05) is 0 Å². The van der Waals surface area contributed by atoms with Crippen LogP contribution in [0.25, 0.3) is 10.9 Å². The fraction of sp³-hybridized carbons (Fsp3) is 0.441. The molecule has 2 aliphatic carbocycles. The summed E-state index contributed by atoms with van der Waals surface area (Å²) in [6.45, 7) is 8.67. The van der Waals surface area contributed by atoms with E-state index in [4.69, 9.17) is 4.74 Å². The zero-order valence-corrected chi connectivity index (χ0v) is 24.8. The van der Waals surface area contributed by atoms with Crippen LogP contribution in [-0.4, -0.2) is 46.4 Å². The van der Waals surface area contributed by atoms with Gasteiger partial charge in [-0.05, 0) is 62.3 Å². The van der Waals surface area contributed by atoms with Crippen molar-refractivity contribution in [1.29, 1.82) is 0 Å². The van der Waals surface area contributed by atoms with Gasteiger partial charge in [-0.25, -0.2) is 0 Å². The van der Waals surface area contributed by atoms with Crippen molar-refractivity contribution in [3.8, 4) is 0 Å². The van der Waals surface area contributed by atoms with E-state index in [1.54, 1.807) is 13.0 Å². The maximum absolute atomic E-state index is 14.5. The summed E-state index contributed by atoms with van der Waals surface area (Å²) in [7, 11) is 0. The van der Waals surface area contributed by atoms with Gasteiger partial charge in [-0.2, -0.15) is 0 Å². The second kappa shape index (κ2) is 11.3. The van der Waals surface area contributed by atoms with E-state index in [-0.39, 0.29) is 18.8 Å². The molecular weight excluding hydrogens is 532 g/mol. The normalized spacial score (nSPS) is 32.6. The van der Waals surface area contributed by atoms with Crippen molar-refractivity contribution >= 4 is 40.1 Å². The van der Waals surface area contributed by atoms with Crippen LogP contribution >= 0.6 is 0 Å². The largest absolute Gasteiger partial charge is 0.457 e. The summed E-state index contributed by atoms with van der Waals surface area (Å²) in [5.74, 6) is -4.00. The zero-order valence-electron chi connectivity index (χ0n) is 24.8. The second-order valence-electron chi connectivity index (χ2n) is 12.1. The quantitative estimate of drug-likeness (QED) is 0.238. The molecule has 2 heterocycles. The number of esters is 1. The highest BCUT2D eigenvalue weighted by Gasteiger charge is 2.67. The number of aromatic nitrogens is 1. The summed E-state index contributed by atoms with van der Waals surface area (Å²) < 4.78 is 5.85. The van der Waals surface area contributed by atoms with Crippen LogP contribution in [0.2, 0.25) is 0 Å². The van der Waals surface area contributed by atoms with Crippen LogP contribution in [0.15, 0.2) is 65.4 Å². The lowest BCUT2D eigenvalue weighted by Gasteiger charge is -2.47. The van der Waals surface area contributed by atoms with Gasteiger partial charge in [0.2, 0.25) is 17.5 Å². The van der Waals surface area contributed by atoms with E-state index < -0.39 is 58.6 Å². The molecule has 1 fully saturated rings. The first-order valence-electron chi connectivity index (χ1n) is 14.6. The Bertz CT molecular complexity index is 1570. The van der Waals surface area contributed by atoms with Gasteiger partial charge >= 0.3 is 5.97 Å². The highest BCUT2D eigenvalue weighted by Crippen LogP contribution is 2.56. The Morgan fingerprint density at radius 2 is 1.79 bits per heavy atom. The summed E-state index contributed by atoms with van der Waals surface area (Å²) in [5.41, 5.74) is 2.37. The van der Waals surface area contributed by atoms with Crippen LogP contribution < -0.4 is 5.32 Å². The Morgan fingerprint density at radius 1 is 1.05 bits per heavy atom. The highest BCUT2D eigenvalue weighted by molar-refractivity contribution is 6.43. The van der Waals surface area contributed by atoms with Crippen molar-refractivity contribution in [2.24, 2.45) is 23.2 Å². The minimum absolute atomic E-state index is 0.0673. The number of benzene rings is 1. The molecule has 1 aromatic carbocycles. The SMILES string of the molecule is CC(=O)O[C@@H]1C(C)=C(C)[C@H]2[C@H](Cc3c[nH]c4ccccc34)NC(=O)[C@]23C(=O)CCC(=O)C(=O)/C(C)=C/[C@@H](C)C/C=C/[C@@H]13. The number of rotatable bonds is 3. The number of amides is 1. The summed E-state index contributed by atoms with van der Waals surface area (Å²) >= 11 is 0. The number of nitrogens with one attached hydrogen (secondary N) is 2. The van der Waals surface area contributed by atoms with E-state index in [2.05, 4.69) is 10.3 Å². The smallest absolute Gasteiger partial charge is 0.303 e. The number of H-pyrrole nitrogens is 1. The second-order valence-corrected chi connectivity index (χ2v) is 12.1. The number of carbonyl (C=O) groups is 5. The number of ketones is 3. The molecule has 0 saturated carbocycles. The molecule has 8 nitrogen and oxygen atoms in total. The molecule has 3 aliphatic rings. The fourth-order valence-corrected chi connectivity index (χ4v) is 7.37. The summed E-state index contributed by atoms with van der Waals surface area (Å²) in [4.78, 5) is 70.1. The number of para-hydroxylation sites is 1. The van der Waals surface area contributed by atoms with Gasteiger partial charge in [0.1, 0.15) is 17.3 Å². The van der Waals surface area contributed by atoms with Gasteiger partial charge in [-0.3, -0.25) is 24.0 Å². The van der Waals surface area contributed by atoms with Gasteiger partial charge in [-0.1, -0.05) is 48.9 Å². The molecule has 8 heteroatoms. The van der Waals surface area contributed by atoms with Crippen LogP contribution in [0.5, 0.6) is 0 Å². The van der Waals surface area contributed by atoms with E-state index in [0.717, 1.165) is 27.6 Å². The van der Waals surface area contributed by atoms with Crippen LogP contribution in [0.3, 0.4) is 0 Å². The van der Waals surface area contributed by atoms with Gasteiger partial charge in [0.25, 0.3) is 0 Å². The van der Waals surface area contributed by atoms with Crippen LogP contribution in [0, 0.1) is 23.2 Å². The molecule has 1 spiro atoms. The number of carbonyl (C=O) groups excluding carboxylic acids is 5. The van der Waals surface area contributed by atoms with E-state index >= 15 is 0 Å². The molecule has 2 N–H and O–H groups in total. The minimum atomic E-state index is -1.61. The monoisotopic (exact) mass is 570 g/mol. The summed E-state index contributed by atoms with van der Waals surface area (Å²) in [6.07, 6.45) is 7.06. The Kier molecular flexibility index (Phi) is 7.92. The minimum Gasteiger partial charge on any atom is -0.457 e. The lowest BCUT2D eigenvalue weighted by molar-refractivity contribution is -0.158. The standard InChI is InChI=1S/C34H38N2O6/c1-18-9-8-11-25-32(42-22(5)37)21(4)20(3)30-27(16-23-17-35-26-12-7-6-10-24(23)26)36-33(41)34(25,30)29(39)14-13-28(38)31(40)19(2)15-18/h6-8,10-12,15,17-18,25,27,30,32,35H,9,13-14,16H2,1-5H3,(H,36,41)/b11-8+,19-15+/t18-,25-,27-,30-,32+,34+/m0/s1. The maximum Gasteiger partial charge on any atom is 0.303 e. The fourth-order valence-electron chi connectivity index (χ4n) is 7.37. The molecule has 0 bridgehead atoms. The molecule has 1 aromatic heterocycles. The van der Waals surface area contributed by atoms with Gasteiger partial charge in [0, 0.05) is 54.7 Å². The molecule has 1 saturated heterocycles. The van der Waals surface area contributed by atoms with Gasteiger partial charge in [0.05, 0.1) is 0 Å². The highest BCUT2D eigenvalue weighted by atomic mass is 16.5. The Morgan fingerprint density at radius 3 is 2.52 bits per heavy atom. The predicted molar refractivity (Wildman–Crippen MR) is 158 cm³/mol. The first-order chi connectivity index (χ1) is 20.0. The van der Waals surface area contributed by atoms with Crippen molar-refractivity contribution in [3.05, 3.63) is 71.0 Å². The first-order valence-corrected chi connectivity index (χ1v) is 14.6. The molecule has 1 amide bonds. The topological polar surface area (TPSA) is 122 Å². The molecule has 0 radical (unpaired) electrons. The summed E-state index contributed by atoms with van der Waals surface area (Å²) in [6, 6.07) is 7.51. The van der Waals surface area contributed by atoms with Crippen LogP contribution in [0.4, 0.5) is 0 Å². The van der Waals surface area contributed by atoms with Gasteiger partial charge in [0.15, 0.2) is 0 Å². The molecule has 5 rings (SSSR count). The number of fused-ring (bicyclic) bond motifs is 1. The Balaban J connectivity index is 1.67. The third kappa shape index (κ3) is 4.86. The first kappa shape index (κ1) is 29.4. The zero-order chi connectivity index (χ0) is 30.3. The number of hydrogen-bond acceptors (Lipinski definition) is 6. The van der Waals surface area contributed by atoms with E-state index in [1.807, 2.05) is 63.4 Å². The van der Waals surface area contributed by atoms with Crippen molar-refractivity contribution < 1.29 is 28.7 Å². The molecular formula is C34H38N2O6. The van der Waals surface area contributed by atoms with Crippen molar-refractivity contribution in [1.82, 2.24) is 10.3 Å². The average Bonchev–Trinajstić information content (AvgIpc) is 3.49. The Hall–Kier alpha value is -4.07. The van der Waals surface area contributed by atoms with Crippen LogP contribution in [-0.2, 0) is 35.1 Å². The molecule has 42 heavy (non-hydrogen) atoms. The molecule has 1 aliphatic heterocycles. The lowest BCUT2D eigenvalue weighted by Crippen LogP contribution is -2.56. The number of allylic oxidation sites excluding steroid dienone is 3. The van der Waals surface area contributed by atoms with Crippen molar-refractivity contribution in [3.63, 3.8) is 0 Å². The third-order valence-electron chi connectivity index (χ3n) is 9.40. The molecule has 2 aromatic rings. The predicted octanol–water partition coefficient (Wildman–Crippen LogP) is 4.74. The third-order valence-corrected chi connectivity index (χ3v) is 9.40. The number of aromatic amines is 1. The molecule has 6 atom stereocenters. The van der Waals surface area contributed by atoms with E-state index in [0.29, 0.717) is 18.4 Å². The van der Waals surface area contributed by atoms with Crippen LogP contribution in [0.1, 0.15) is 59.4 Å². The van der Waals surface area contributed by atoms with E-state index in [1.165, 1.54) is 6.92 Å². The Labute approximate surface area is 245 Å². The number of ether oxygens (including phenoxy) is 1. The summed E-state index contributed by atoms with van der Waals surface area (Å²) in [5, 5.41) is 4.20.